The smallest absolute Gasteiger partial charge is 0.309 e. The first-order valence-electron chi connectivity index (χ1n) is 6.27. The van der Waals surface area contributed by atoms with Crippen molar-refractivity contribution in [2.75, 3.05) is 5.75 Å². The van der Waals surface area contributed by atoms with Crippen molar-refractivity contribution >= 4 is 28.7 Å². The van der Waals surface area contributed by atoms with Crippen LogP contribution in [0.3, 0.4) is 0 Å². The molecule has 0 aliphatic rings. The average Bonchev–Trinajstić information content (AvgIpc) is 2.72. The lowest BCUT2D eigenvalue weighted by Gasteiger charge is -2.07. The Balaban J connectivity index is 2.72. The van der Waals surface area contributed by atoms with Crippen molar-refractivity contribution in [3.8, 4) is 0 Å². The maximum absolute atomic E-state index is 12.1. The summed E-state index contributed by atoms with van der Waals surface area (Å²) in [7, 11) is 1.54. The van der Waals surface area contributed by atoms with E-state index in [2.05, 4.69) is 16.5 Å². The fourth-order valence-corrected chi connectivity index (χ4v) is 2.70. The number of allylic oxidation sites excluding steroid dienone is 1. The number of H-pyrrole nitrogens is 1. The number of carbonyl (C=O) groups is 1. The molecule has 0 spiro atoms. The predicted molar refractivity (Wildman–Crippen MR) is 81.8 cm³/mol. The van der Waals surface area contributed by atoms with Gasteiger partial charge in [-0.3, -0.25) is 19.1 Å². The number of hydrogen-bond donors (Lipinski definition) is 1. The summed E-state index contributed by atoms with van der Waals surface area (Å²) in [4.78, 5) is 41.5. The molecule has 0 atom stereocenters. The third-order valence-electron chi connectivity index (χ3n) is 2.80. The van der Waals surface area contributed by atoms with Gasteiger partial charge in [-0.1, -0.05) is 23.9 Å². The fraction of sp³-hybridized carbons (Fsp3) is 0.385. The third kappa shape index (κ3) is 2.99. The first-order chi connectivity index (χ1) is 9.81. The zero-order valence-electron chi connectivity index (χ0n) is 12.1. The van der Waals surface area contributed by atoms with Crippen LogP contribution in [0.25, 0.3) is 11.2 Å². The number of thioether (sulfide) groups is 1. The van der Waals surface area contributed by atoms with Crippen molar-refractivity contribution < 1.29 is 4.79 Å². The molecule has 0 aliphatic heterocycles. The van der Waals surface area contributed by atoms with E-state index in [0.717, 1.165) is 5.57 Å². The standard InChI is InChI=1S/C13H16N4O3S/c1-7(2)5-17-9-10(14-13(17)21-6-8(3)18)16(4)12(20)15-11(9)19/h1,5-6H2,2-4H3,(H,15,19,20). The van der Waals surface area contributed by atoms with Gasteiger partial charge in [0.1, 0.15) is 5.78 Å². The summed E-state index contributed by atoms with van der Waals surface area (Å²) in [5, 5.41) is 0.523. The molecule has 0 saturated heterocycles. The van der Waals surface area contributed by atoms with Crippen molar-refractivity contribution in [2.24, 2.45) is 7.05 Å². The number of rotatable bonds is 5. The molecule has 0 radical (unpaired) electrons. The minimum atomic E-state index is -0.518. The molecule has 0 aromatic carbocycles. The van der Waals surface area contributed by atoms with Gasteiger partial charge in [-0.05, 0) is 13.8 Å². The molecule has 2 aromatic heterocycles. The van der Waals surface area contributed by atoms with Crippen LogP contribution in [0.1, 0.15) is 13.8 Å². The number of carbonyl (C=O) groups excluding carboxylic acids is 1. The fourth-order valence-electron chi connectivity index (χ4n) is 1.91. The summed E-state index contributed by atoms with van der Waals surface area (Å²) in [5.41, 5.74) is 0.446. The van der Waals surface area contributed by atoms with Crippen LogP contribution in [-0.2, 0) is 18.4 Å². The molecular weight excluding hydrogens is 292 g/mol. The quantitative estimate of drug-likeness (QED) is 0.648. The number of imidazole rings is 1. The number of aryl methyl sites for hydroxylation is 1. The Hall–Kier alpha value is -2.09. The number of fused-ring (bicyclic) bond motifs is 1. The summed E-state index contributed by atoms with van der Waals surface area (Å²) in [6, 6.07) is 0. The van der Waals surface area contributed by atoms with Crippen LogP contribution in [-0.4, -0.2) is 30.6 Å². The highest BCUT2D eigenvalue weighted by atomic mass is 32.2. The van der Waals surface area contributed by atoms with Crippen LogP contribution < -0.4 is 11.2 Å². The van der Waals surface area contributed by atoms with E-state index in [1.807, 2.05) is 6.92 Å². The predicted octanol–water partition coefficient (Wildman–Crippen LogP) is 0.680. The molecule has 0 amide bonds. The molecule has 21 heavy (non-hydrogen) atoms. The van der Waals surface area contributed by atoms with E-state index in [1.165, 1.54) is 30.3 Å². The number of nitrogens with zero attached hydrogens (tertiary/aromatic N) is 3. The summed E-state index contributed by atoms with van der Waals surface area (Å²) >= 11 is 1.24. The van der Waals surface area contributed by atoms with Crippen molar-refractivity contribution in [2.45, 2.75) is 25.5 Å². The molecule has 7 nitrogen and oxygen atoms in total. The van der Waals surface area contributed by atoms with Gasteiger partial charge in [0.2, 0.25) is 0 Å². The molecule has 2 aromatic rings. The van der Waals surface area contributed by atoms with Crippen molar-refractivity contribution in [3.63, 3.8) is 0 Å². The van der Waals surface area contributed by atoms with Crippen LogP contribution in [0.2, 0.25) is 0 Å². The Kier molecular flexibility index (Phi) is 4.17. The largest absolute Gasteiger partial charge is 0.329 e. The molecule has 2 heterocycles. The number of aromatic amines is 1. The van der Waals surface area contributed by atoms with Gasteiger partial charge in [-0.25, -0.2) is 9.78 Å². The molecule has 112 valence electrons. The third-order valence-corrected chi connectivity index (χ3v) is 3.93. The Morgan fingerprint density at radius 1 is 1.38 bits per heavy atom. The summed E-state index contributed by atoms with van der Waals surface area (Å²) in [6.07, 6.45) is 0. The second kappa shape index (κ2) is 5.72. The molecule has 8 heteroatoms. The van der Waals surface area contributed by atoms with Gasteiger partial charge >= 0.3 is 5.69 Å². The topological polar surface area (TPSA) is 89.8 Å². The molecular formula is C13H16N4O3S. The molecule has 1 N–H and O–H groups in total. The van der Waals surface area contributed by atoms with Crippen LogP contribution in [0, 0.1) is 0 Å². The van der Waals surface area contributed by atoms with E-state index in [4.69, 9.17) is 0 Å². The minimum Gasteiger partial charge on any atom is -0.309 e. The van der Waals surface area contributed by atoms with E-state index >= 15 is 0 Å². The molecule has 0 fully saturated rings. The molecule has 0 unspecified atom stereocenters. The Bertz CT molecular complexity index is 843. The van der Waals surface area contributed by atoms with Crippen molar-refractivity contribution in [1.29, 1.82) is 0 Å². The first kappa shape index (κ1) is 15.3. The van der Waals surface area contributed by atoms with Crippen LogP contribution in [0.5, 0.6) is 0 Å². The van der Waals surface area contributed by atoms with E-state index in [9.17, 15) is 14.4 Å². The van der Waals surface area contributed by atoms with E-state index in [-0.39, 0.29) is 11.5 Å². The highest BCUT2D eigenvalue weighted by Crippen LogP contribution is 2.22. The number of ketones is 1. The number of hydrogen-bond acceptors (Lipinski definition) is 5. The normalized spacial score (nSPS) is 11.0. The van der Waals surface area contributed by atoms with Crippen LogP contribution in [0.4, 0.5) is 0 Å². The van der Waals surface area contributed by atoms with Gasteiger partial charge in [0.25, 0.3) is 5.56 Å². The number of aromatic nitrogens is 4. The zero-order chi connectivity index (χ0) is 15.7. The van der Waals surface area contributed by atoms with Crippen molar-refractivity contribution in [3.05, 3.63) is 33.0 Å². The highest BCUT2D eigenvalue weighted by molar-refractivity contribution is 7.99. The number of Topliss-reactive ketones (excluding diaryl/α,β-unsaturated/α-hetero) is 1. The molecule has 0 saturated carbocycles. The van der Waals surface area contributed by atoms with E-state index in [0.29, 0.717) is 22.9 Å². The highest BCUT2D eigenvalue weighted by Gasteiger charge is 2.17. The Labute approximate surface area is 124 Å². The molecule has 0 bridgehead atoms. The lowest BCUT2D eigenvalue weighted by atomic mass is 10.3. The SMILES string of the molecule is C=C(C)Cn1c(SCC(C)=O)nc2c1c(=O)[nH]c(=O)n2C. The van der Waals surface area contributed by atoms with Gasteiger partial charge < -0.3 is 4.57 Å². The minimum absolute atomic E-state index is 0.0109. The van der Waals surface area contributed by atoms with Gasteiger partial charge in [-0.15, -0.1) is 0 Å². The van der Waals surface area contributed by atoms with Gasteiger partial charge in [0.15, 0.2) is 16.3 Å². The Morgan fingerprint density at radius 2 is 2.05 bits per heavy atom. The second-order valence-corrected chi connectivity index (χ2v) is 5.86. The van der Waals surface area contributed by atoms with Gasteiger partial charge in [0, 0.05) is 13.6 Å². The van der Waals surface area contributed by atoms with Gasteiger partial charge in [0.05, 0.1) is 5.75 Å². The average molecular weight is 308 g/mol. The molecule has 2 rings (SSSR count). The van der Waals surface area contributed by atoms with Crippen LogP contribution >= 0.6 is 11.8 Å². The maximum Gasteiger partial charge on any atom is 0.329 e. The maximum atomic E-state index is 12.1. The number of nitrogens with one attached hydrogen (secondary N) is 1. The molecule has 0 aliphatic carbocycles. The lowest BCUT2D eigenvalue weighted by Crippen LogP contribution is -2.29. The second-order valence-electron chi connectivity index (χ2n) is 4.92. The zero-order valence-corrected chi connectivity index (χ0v) is 12.9. The summed E-state index contributed by atoms with van der Waals surface area (Å²) in [5.74, 6) is 0.266. The summed E-state index contributed by atoms with van der Waals surface area (Å²) in [6.45, 7) is 7.56. The van der Waals surface area contributed by atoms with E-state index in [1.54, 1.807) is 4.57 Å². The van der Waals surface area contributed by atoms with Gasteiger partial charge in [-0.2, -0.15) is 0 Å². The Morgan fingerprint density at radius 3 is 2.62 bits per heavy atom. The monoisotopic (exact) mass is 308 g/mol. The van der Waals surface area contributed by atoms with E-state index < -0.39 is 11.2 Å². The van der Waals surface area contributed by atoms with Crippen LogP contribution in [0.15, 0.2) is 26.9 Å². The van der Waals surface area contributed by atoms with Crippen molar-refractivity contribution in [1.82, 2.24) is 19.1 Å². The first-order valence-corrected chi connectivity index (χ1v) is 7.26. The lowest BCUT2D eigenvalue weighted by molar-refractivity contribution is -0.114. The summed E-state index contributed by atoms with van der Waals surface area (Å²) < 4.78 is 2.97.